The van der Waals surface area contributed by atoms with Crippen molar-refractivity contribution in [2.75, 3.05) is 6.61 Å². The Morgan fingerprint density at radius 2 is 1.94 bits per heavy atom. The Labute approximate surface area is 111 Å². The van der Waals surface area contributed by atoms with E-state index in [1.54, 1.807) is 0 Å². The number of nitrogens with one attached hydrogen (secondary N) is 1. The molecule has 0 aliphatic rings. The predicted octanol–water partition coefficient (Wildman–Crippen LogP) is 3.31. The number of nitrogens with zero attached hydrogens (tertiary/aromatic N) is 1. The lowest BCUT2D eigenvalue weighted by Gasteiger charge is -2.14. The molecule has 1 rings (SSSR count). The normalized spacial score (nSPS) is 11.3. The molecule has 0 unspecified atom stereocenters. The molecule has 1 N–H and O–H groups in total. The number of pyridine rings is 1. The third-order valence-corrected chi connectivity index (χ3v) is 2.70. The number of aryl methyl sites for hydroxylation is 1. The molecule has 0 aromatic carbocycles. The Kier molecular flexibility index (Phi) is 6.13. The minimum atomic E-state index is 0.454. The van der Waals surface area contributed by atoms with Crippen molar-refractivity contribution in [2.45, 2.75) is 53.6 Å². The molecule has 1 aromatic heterocycles. The number of hydrogen-bond donors (Lipinski definition) is 1. The van der Waals surface area contributed by atoms with Gasteiger partial charge in [-0.1, -0.05) is 27.7 Å². The standard InChI is InChI=1S/C15H26N2O/c1-11(2)8-9-18-15-7-6-13(5)17-14(15)10-16-12(3)4/h6-7,11-12,16H,8-10H2,1-5H3. The van der Waals surface area contributed by atoms with Gasteiger partial charge in [-0.25, -0.2) is 0 Å². The molecular weight excluding hydrogens is 224 g/mol. The van der Waals surface area contributed by atoms with Crippen LogP contribution in [0.5, 0.6) is 5.75 Å². The van der Waals surface area contributed by atoms with Gasteiger partial charge in [-0.05, 0) is 31.4 Å². The molecule has 0 atom stereocenters. The van der Waals surface area contributed by atoms with E-state index in [1.807, 2.05) is 19.1 Å². The van der Waals surface area contributed by atoms with Crippen molar-refractivity contribution in [3.63, 3.8) is 0 Å². The summed E-state index contributed by atoms with van der Waals surface area (Å²) in [6.45, 7) is 12.2. The van der Waals surface area contributed by atoms with E-state index >= 15 is 0 Å². The molecule has 0 fully saturated rings. The zero-order valence-electron chi connectivity index (χ0n) is 12.3. The van der Waals surface area contributed by atoms with Gasteiger partial charge >= 0.3 is 0 Å². The van der Waals surface area contributed by atoms with Gasteiger partial charge in [-0.2, -0.15) is 0 Å². The van der Waals surface area contributed by atoms with Crippen LogP contribution in [0.3, 0.4) is 0 Å². The van der Waals surface area contributed by atoms with Gasteiger partial charge in [0, 0.05) is 18.3 Å². The molecule has 0 spiro atoms. The lowest BCUT2D eigenvalue weighted by atomic mass is 10.1. The molecule has 0 radical (unpaired) electrons. The first-order valence-electron chi connectivity index (χ1n) is 6.81. The van der Waals surface area contributed by atoms with Gasteiger partial charge in [0.2, 0.25) is 0 Å². The summed E-state index contributed by atoms with van der Waals surface area (Å²) in [5, 5.41) is 3.39. The molecule has 102 valence electrons. The van der Waals surface area contributed by atoms with Crippen molar-refractivity contribution in [3.05, 3.63) is 23.5 Å². The number of aromatic nitrogens is 1. The first kappa shape index (κ1) is 15.0. The van der Waals surface area contributed by atoms with Crippen LogP contribution in [0.25, 0.3) is 0 Å². The summed E-state index contributed by atoms with van der Waals surface area (Å²) in [5.74, 6) is 1.58. The molecule has 1 aromatic rings. The highest BCUT2D eigenvalue weighted by Crippen LogP contribution is 2.17. The molecule has 0 aliphatic heterocycles. The van der Waals surface area contributed by atoms with Crippen molar-refractivity contribution < 1.29 is 4.74 Å². The van der Waals surface area contributed by atoms with Gasteiger partial charge in [0.1, 0.15) is 5.75 Å². The predicted molar refractivity (Wildman–Crippen MR) is 75.9 cm³/mol. The lowest BCUT2D eigenvalue weighted by molar-refractivity contribution is 0.284. The first-order valence-corrected chi connectivity index (χ1v) is 6.81. The second kappa shape index (κ2) is 7.37. The van der Waals surface area contributed by atoms with Gasteiger partial charge in [0.25, 0.3) is 0 Å². The molecule has 3 nitrogen and oxygen atoms in total. The number of rotatable bonds is 7. The fraction of sp³-hybridized carbons (Fsp3) is 0.667. The maximum absolute atomic E-state index is 5.83. The molecule has 0 saturated carbocycles. The third-order valence-electron chi connectivity index (χ3n) is 2.70. The summed E-state index contributed by atoms with van der Waals surface area (Å²) >= 11 is 0. The molecule has 3 heteroatoms. The van der Waals surface area contributed by atoms with E-state index in [0.717, 1.165) is 36.7 Å². The Morgan fingerprint density at radius 3 is 2.56 bits per heavy atom. The highest BCUT2D eigenvalue weighted by molar-refractivity contribution is 5.29. The molecular formula is C15H26N2O. The SMILES string of the molecule is Cc1ccc(OCCC(C)C)c(CNC(C)C)n1. The van der Waals surface area contributed by atoms with E-state index in [0.29, 0.717) is 12.0 Å². The van der Waals surface area contributed by atoms with E-state index in [-0.39, 0.29) is 0 Å². The highest BCUT2D eigenvalue weighted by atomic mass is 16.5. The van der Waals surface area contributed by atoms with E-state index in [9.17, 15) is 0 Å². The van der Waals surface area contributed by atoms with E-state index in [2.05, 4.69) is 38.0 Å². The van der Waals surface area contributed by atoms with Crippen LogP contribution in [-0.2, 0) is 6.54 Å². The first-order chi connectivity index (χ1) is 8.49. The molecule has 1 heterocycles. The average molecular weight is 250 g/mol. The van der Waals surface area contributed by atoms with Crippen LogP contribution in [0.1, 0.15) is 45.5 Å². The summed E-state index contributed by atoms with van der Waals surface area (Å²) in [5.41, 5.74) is 2.04. The Balaban J connectivity index is 2.64. The fourth-order valence-electron chi connectivity index (χ4n) is 1.56. The van der Waals surface area contributed by atoms with Crippen LogP contribution in [0.2, 0.25) is 0 Å². The largest absolute Gasteiger partial charge is 0.492 e. The second-order valence-corrected chi connectivity index (χ2v) is 5.46. The van der Waals surface area contributed by atoms with Crippen molar-refractivity contribution in [3.8, 4) is 5.75 Å². The van der Waals surface area contributed by atoms with Crippen LogP contribution in [-0.4, -0.2) is 17.6 Å². The van der Waals surface area contributed by atoms with E-state index in [4.69, 9.17) is 4.74 Å². The Bertz CT molecular complexity index is 362. The smallest absolute Gasteiger partial charge is 0.142 e. The Hall–Kier alpha value is -1.09. The average Bonchev–Trinajstić information content (AvgIpc) is 2.28. The zero-order chi connectivity index (χ0) is 13.5. The van der Waals surface area contributed by atoms with E-state index < -0.39 is 0 Å². The monoisotopic (exact) mass is 250 g/mol. The fourth-order valence-corrected chi connectivity index (χ4v) is 1.56. The molecule has 0 amide bonds. The second-order valence-electron chi connectivity index (χ2n) is 5.46. The van der Waals surface area contributed by atoms with Crippen molar-refractivity contribution in [1.82, 2.24) is 10.3 Å². The summed E-state index contributed by atoms with van der Waals surface area (Å²) in [4.78, 5) is 4.56. The van der Waals surface area contributed by atoms with Crippen molar-refractivity contribution in [1.29, 1.82) is 0 Å². The third kappa shape index (κ3) is 5.50. The van der Waals surface area contributed by atoms with E-state index in [1.165, 1.54) is 0 Å². The Morgan fingerprint density at radius 1 is 1.22 bits per heavy atom. The minimum absolute atomic E-state index is 0.454. The number of ether oxygens (including phenoxy) is 1. The molecule has 0 aliphatic carbocycles. The van der Waals surface area contributed by atoms with Gasteiger partial charge < -0.3 is 10.1 Å². The maximum Gasteiger partial charge on any atom is 0.142 e. The summed E-state index contributed by atoms with van der Waals surface area (Å²) in [6, 6.07) is 4.49. The van der Waals surface area contributed by atoms with Crippen LogP contribution >= 0.6 is 0 Å². The van der Waals surface area contributed by atoms with Crippen LogP contribution in [0.15, 0.2) is 12.1 Å². The quantitative estimate of drug-likeness (QED) is 0.806. The highest BCUT2D eigenvalue weighted by Gasteiger charge is 2.07. The number of hydrogen-bond acceptors (Lipinski definition) is 3. The van der Waals surface area contributed by atoms with Gasteiger partial charge in [0.05, 0.1) is 12.3 Å². The summed E-state index contributed by atoms with van der Waals surface area (Å²) in [6.07, 6.45) is 1.07. The minimum Gasteiger partial charge on any atom is -0.492 e. The van der Waals surface area contributed by atoms with Gasteiger partial charge in [0.15, 0.2) is 0 Å². The molecule has 0 bridgehead atoms. The van der Waals surface area contributed by atoms with Crippen molar-refractivity contribution in [2.24, 2.45) is 5.92 Å². The van der Waals surface area contributed by atoms with Crippen LogP contribution < -0.4 is 10.1 Å². The molecule has 0 saturated heterocycles. The van der Waals surface area contributed by atoms with Gasteiger partial charge in [-0.15, -0.1) is 0 Å². The van der Waals surface area contributed by atoms with Gasteiger partial charge in [-0.3, -0.25) is 4.98 Å². The molecule has 18 heavy (non-hydrogen) atoms. The van der Waals surface area contributed by atoms with Crippen LogP contribution in [0, 0.1) is 12.8 Å². The maximum atomic E-state index is 5.83. The lowest BCUT2D eigenvalue weighted by Crippen LogP contribution is -2.23. The summed E-state index contributed by atoms with van der Waals surface area (Å²) in [7, 11) is 0. The zero-order valence-corrected chi connectivity index (χ0v) is 12.3. The van der Waals surface area contributed by atoms with Crippen molar-refractivity contribution >= 4 is 0 Å². The van der Waals surface area contributed by atoms with Crippen LogP contribution in [0.4, 0.5) is 0 Å². The topological polar surface area (TPSA) is 34.1 Å². The summed E-state index contributed by atoms with van der Waals surface area (Å²) < 4.78 is 5.83.